The Balaban J connectivity index is 1.30. The number of aromatic nitrogens is 2. The van der Waals surface area contributed by atoms with Gasteiger partial charge in [0.25, 0.3) is 0 Å². The molecular formula is C18H21N5O. The summed E-state index contributed by atoms with van der Waals surface area (Å²) in [6, 6.07) is 14.0. The fraction of sp³-hybridized carbons (Fsp3) is 0.389. The quantitative estimate of drug-likeness (QED) is 0.939. The largest absolute Gasteiger partial charge is 0.324 e. The summed E-state index contributed by atoms with van der Waals surface area (Å²) in [6.07, 6.45) is 1.59. The van der Waals surface area contributed by atoms with Crippen molar-refractivity contribution in [2.24, 2.45) is 11.8 Å². The van der Waals surface area contributed by atoms with Crippen LogP contribution in [-0.4, -0.2) is 52.2 Å². The van der Waals surface area contributed by atoms with Gasteiger partial charge in [0, 0.05) is 38.9 Å². The number of benzene rings is 1. The molecule has 6 heteroatoms. The van der Waals surface area contributed by atoms with Gasteiger partial charge in [-0.25, -0.2) is 4.79 Å². The summed E-state index contributed by atoms with van der Waals surface area (Å²) in [5, 5.41) is 10.5. The van der Waals surface area contributed by atoms with E-state index in [1.165, 1.54) is 5.56 Å². The van der Waals surface area contributed by atoms with E-state index in [0.717, 1.165) is 32.7 Å². The number of rotatable bonds is 3. The zero-order valence-electron chi connectivity index (χ0n) is 13.5. The van der Waals surface area contributed by atoms with Crippen LogP contribution in [0.2, 0.25) is 0 Å². The fourth-order valence-corrected chi connectivity index (χ4v) is 3.78. The predicted molar refractivity (Wildman–Crippen MR) is 91.3 cm³/mol. The van der Waals surface area contributed by atoms with Crippen LogP contribution in [0, 0.1) is 11.8 Å². The van der Waals surface area contributed by atoms with E-state index in [1.54, 1.807) is 18.3 Å². The third-order valence-electron chi connectivity index (χ3n) is 4.91. The van der Waals surface area contributed by atoms with Crippen LogP contribution in [-0.2, 0) is 6.54 Å². The van der Waals surface area contributed by atoms with Gasteiger partial charge in [-0.2, -0.15) is 5.10 Å². The van der Waals surface area contributed by atoms with E-state index in [9.17, 15) is 4.79 Å². The number of amides is 2. The topological polar surface area (TPSA) is 61.4 Å². The number of fused-ring (bicyclic) bond motifs is 1. The van der Waals surface area contributed by atoms with Crippen molar-refractivity contribution in [2.45, 2.75) is 6.54 Å². The minimum absolute atomic E-state index is 0.0699. The van der Waals surface area contributed by atoms with E-state index < -0.39 is 0 Å². The van der Waals surface area contributed by atoms with Gasteiger partial charge in [-0.1, -0.05) is 30.3 Å². The summed E-state index contributed by atoms with van der Waals surface area (Å²) in [5.74, 6) is 1.65. The second kappa shape index (κ2) is 6.57. The van der Waals surface area contributed by atoms with Gasteiger partial charge < -0.3 is 4.90 Å². The number of anilines is 1. The third kappa shape index (κ3) is 3.23. The molecule has 1 aromatic heterocycles. The van der Waals surface area contributed by atoms with Crippen LogP contribution in [0.25, 0.3) is 0 Å². The van der Waals surface area contributed by atoms with Crippen LogP contribution in [0.1, 0.15) is 5.56 Å². The Labute approximate surface area is 141 Å². The van der Waals surface area contributed by atoms with E-state index in [2.05, 4.69) is 50.7 Å². The first-order valence-corrected chi connectivity index (χ1v) is 8.38. The number of urea groups is 1. The second-order valence-corrected chi connectivity index (χ2v) is 6.64. The maximum Gasteiger partial charge on any atom is 0.323 e. The lowest BCUT2D eigenvalue weighted by Crippen LogP contribution is -2.36. The van der Waals surface area contributed by atoms with E-state index in [-0.39, 0.29) is 6.03 Å². The molecule has 0 radical (unpaired) electrons. The predicted octanol–water partition coefficient (Wildman–Crippen LogP) is 2.07. The molecule has 6 nitrogen and oxygen atoms in total. The lowest BCUT2D eigenvalue weighted by Gasteiger charge is -2.21. The van der Waals surface area contributed by atoms with Gasteiger partial charge >= 0.3 is 6.03 Å². The number of nitrogens with zero attached hydrogens (tertiary/aromatic N) is 4. The Bertz CT molecular complexity index is 679. The van der Waals surface area contributed by atoms with Crippen molar-refractivity contribution in [3.05, 3.63) is 54.2 Å². The van der Waals surface area contributed by atoms with Crippen molar-refractivity contribution < 1.29 is 4.79 Å². The van der Waals surface area contributed by atoms with Gasteiger partial charge in [0.1, 0.15) is 0 Å². The highest BCUT2D eigenvalue weighted by Crippen LogP contribution is 2.32. The minimum atomic E-state index is -0.0699. The van der Waals surface area contributed by atoms with Crippen molar-refractivity contribution in [2.75, 3.05) is 31.5 Å². The molecule has 3 heterocycles. The number of hydrogen-bond donors (Lipinski definition) is 1. The smallest absolute Gasteiger partial charge is 0.323 e. The highest BCUT2D eigenvalue weighted by atomic mass is 16.2. The third-order valence-corrected chi connectivity index (χ3v) is 4.91. The van der Waals surface area contributed by atoms with Crippen LogP contribution >= 0.6 is 0 Å². The molecule has 2 saturated heterocycles. The number of carbonyl (C=O) groups excluding carboxylic acids is 1. The molecule has 1 aromatic carbocycles. The Morgan fingerprint density at radius 2 is 1.79 bits per heavy atom. The average Bonchev–Trinajstić information content (AvgIpc) is 3.15. The SMILES string of the molecule is O=C(Nc1cccnn1)N1C[C@H]2CN(Cc3ccccc3)C[C@H]2C1. The number of nitrogens with one attached hydrogen (secondary N) is 1. The van der Waals surface area contributed by atoms with Gasteiger partial charge in [0.15, 0.2) is 5.82 Å². The summed E-state index contributed by atoms with van der Waals surface area (Å²) < 4.78 is 0. The molecule has 124 valence electrons. The fourth-order valence-electron chi connectivity index (χ4n) is 3.78. The van der Waals surface area contributed by atoms with Gasteiger partial charge in [0.05, 0.1) is 0 Å². The molecule has 1 N–H and O–H groups in total. The second-order valence-electron chi connectivity index (χ2n) is 6.64. The van der Waals surface area contributed by atoms with Crippen molar-refractivity contribution in [3.63, 3.8) is 0 Å². The lowest BCUT2D eigenvalue weighted by atomic mass is 10.0. The van der Waals surface area contributed by atoms with Crippen molar-refractivity contribution in [3.8, 4) is 0 Å². The first kappa shape index (κ1) is 15.1. The molecular weight excluding hydrogens is 302 g/mol. The van der Waals surface area contributed by atoms with E-state index in [1.807, 2.05) is 4.90 Å². The first-order valence-electron chi connectivity index (χ1n) is 8.38. The van der Waals surface area contributed by atoms with Crippen LogP contribution in [0.5, 0.6) is 0 Å². The number of likely N-dealkylation sites (tertiary alicyclic amines) is 2. The summed E-state index contributed by atoms with van der Waals surface area (Å²) in [4.78, 5) is 16.8. The van der Waals surface area contributed by atoms with E-state index in [0.29, 0.717) is 17.7 Å². The number of carbonyl (C=O) groups is 1. The van der Waals surface area contributed by atoms with Crippen LogP contribution in [0.15, 0.2) is 48.7 Å². The zero-order valence-corrected chi connectivity index (χ0v) is 13.5. The summed E-state index contributed by atoms with van der Waals surface area (Å²) in [7, 11) is 0. The lowest BCUT2D eigenvalue weighted by molar-refractivity contribution is 0.211. The maximum absolute atomic E-state index is 12.4. The number of hydrogen-bond acceptors (Lipinski definition) is 4. The molecule has 0 bridgehead atoms. The Morgan fingerprint density at radius 1 is 1.04 bits per heavy atom. The molecule has 0 aliphatic carbocycles. The molecule has 2 aromatic rings. The minimum Gasteiger partial charge on any atom is -0.324 e. The van der Waals surface area contributed by atoms with Crippen molar-refractivity contribution >= 4 is 11.8 Å². The molecule has 2 atom stereocenters. The summed E-state index contributed by atoms with van der Waals surface area (Å²) >= 11 is 0. The summed E-state index contributed by atoms with van der Waals surface area (Å²) in [5.41, 5.74) is 1.36. The molecule has 2 fully saturated rings. The average molecular weight is 323 g/mol. The van der Waals surface area contributed by atoms with E-state index in [4.69, 9.17) is 0 Å². The Morgan fingerprint density at radius 3 is 2.46 bits per heavy atom. The van der Waals surface area contributed by atoms with Crippen LogP contribution in [0.4, 0.5) is 10.6 Å². The first-order chi connectivity index (χ1) is 11.8. The highest BCUT2D eigenvalue weighted by Gasteiger charge is 2.41. The van der Waals surface area contributed by atoms with Gasteiger partial charge in [-0.05, 0) is 29.5 Å². The van der Waals surface area contributed by atoms with Gasteiger partial charge in [0.2, 0.25) is 0 Å². The zero-order chi connectivity index (χ0) is 16.4. The molecule has 2 amide bonds. The Kier molecular flexibility index (Phi) is 4.13. The van der Waals surface area contributed by atoms with Crippen molar-refractivity contribution in [1.29, 1.82) is 0 Å². The molecule has 2 aliphatic rings. The molecule has 0 unspecified atom stereocenters. The monoisotopic (exact) mass is 323 g/mol. The Hall–Kier alpha value is -2.47. The molecule has 0 spiro atoms. The molecule has 0 saturated carbocycles. The maximum atomic E-state index is 12.4. The van der Waals surface area contributed by atoms with Crippen LogP contribution < -0.4 is 5.32 Å². The van der Waals surface area contributed by atoms with Crippen molar-refractivity contribution in [1.82, 2.24) is 20.0 Å². The van der Waals surface area contributed by atoms with Gasteiger partial charge in [-0.3, -0.25) is 10.2 Å². The van der Waals surface area contributed by atoms with Gasteiger partial charge in [-0.15, -0.1) is 5.10 Å². The molecule has 24 heavy (non-hydrogen) atoms. The van der Waals surface area contributed by atoms with Crippen LogP contribution in [0.3, 0.4) is 0 Å². The molecule has 4 rings (SSSR count). The van der Waals surface area contributed by atoms with E-state index >= 15 is 0 Å². The highest BCUT2D eigenvalue weighted by molar-refractivity contribution is 5.88. The normalized spacial score (nSPS) is 23.2. The standard InChI is InChI=1S/C18H21N5O/c24-18(20-17-7-4-8-19-21-17)23-12-15-10-22(11-16(15)13-23)9-14-5-2-1-3-6-14/h1-8,15-16H,9-13H2,(H,20,21,24)/t15-,16+. The molecule has 2 aliphatic heterocycles. The summed E-state index contributed by atoms with van der Waals surface area (Å²) in [6.45, 7) is 4.77.